The van der Waals surface area contributed by atoms with E-state index in [2.05, 4.69) is 37.5 Å². The van der Waals surface area contributed by atoms with Crippen LogP contribution in [0.1, 0.15) is 0 Å². The van der Waals surface area contributed by atoms with E-state index >= 15 is 0 Å². The first-order valence-corrected chi connectivity index (χ1v) is 5.00. The van der Waals surface area contributed by atoms with Gasteiger partial charge in [0.2, 0.25) is 0 Å². The molecule has 2 radical (unpaired) electrons. The quantitative estimate of drug-likeness (QED) is 0.480. The predicted octanol–water partition coefficient (Wildman–Crippen LogP) is 2.55. The van der Waals surface area contributed by atoms with Crippen LogP contribution in [-0.4, -0.2) is 20.7 Å². The van der Waals surface area contributed by atoms with Crippen LogP contribution in [0.15, 0.2) is 28.7 Å². The molecular formula is C7H6AlBrClN. The highest BCUT2D eigenvalue weighted by Gasteiger charge is 1.94. The summed E-state index contributed by atoms with van der Waals surface area (Å²) in [4.78, 5) is 0. The van der Waals surface area contributed by atoms with Crippen molar-refractivity contribution in [2.75, 3.05) is 5.32 Å². The Labute approximate surface area is 87.7 Å². The highest BCUT2D eigenvalue weighted by Crippen LogP contribution is 2.14. The average Bonchev–Trinajstić information content (AvgIpc) is 1.93. The molecule has 0 saturated heterocycles. The minimum atomic E-state index is -0.115. The Kier molecular flexibility index (Phi) is 3.74. The average molecular weight is 246 g/mol. The van der Waals surface area contributed by atoms with E-state index in [1.807, 2.05) is 24.3 Å². The van der Waals surface area contributed by atoms with E-state index in [9.17, 15) is 0 Å². The molecule has 1 nitrogen and oxygen atoms in total. The van der Waals surface area contributed by atoms with Crippen molar-refractivity contribution in [1.82, 2.24) is 0 Å². The van der Waals surface area contributed by atoms with Crippen LogP contribution in [-0.2, 0) is 0 Å². The normalized spacial score (nSPS) is 12.5. The zero-order chi connectivity index (χ0) is 8.27. The van der Waals surface area contributed by atoms with Crippen molar-refractivity contribution in [2.24, 2.45) is 0 Å². The van der Waals surface area contributed by atoms with Gasteiger partial charge in [-0.2, -0.15) is 0 Å². The maximum absolute atomic E-state index is 5.69. The third kappa shape index (κ3) is 3.49. The van der Waals surface area contributed by atoms with Gasteiger partial charge in [0.25, 0.3) is 0 Å². The smallest absolute Gasteiger partial charge is 0.186 e. The summed E-state index contributed by atoms with van der Waals surface area (Å²) < 4.78 is 0.953. The molecule has 56 valence electrons. The van der Waals surface area contributed by atoms with Gasteiger partial charge in [0.05, 0.1) is 0 Å². The molecule has 0 amide bonds. The van der Waals surface area contributed by atoms with Crippen molar-refractivity contribution in [3.05, 3.63) is 28.7 Å². The molecule has 0 heterocycles. The first kappa shape index (κ1) is 9.41. The van der Waals surface area contributed by atoms with E-state index in [1.165, 1.54) is 0 Å². The first-order valence-electron chi connectivity index (χ1n) is 3.10. The Morgan fingerprint density at radius 1 is 1.36 bits per heavy atom. The number of halogens is 2. The molecule has 0 spiro atoms. The van der Waals surface area contributed by atoms with Gasteiger partial charge in [-0.15, -0.1) is 11.6 Å². The fraction of sp³-hybridized carbons (Fsp3) is 0.143. The summed E-state index contributed by atoms with van der Waals surface area (Å²) in [5.41, 5.74) is 1.02. The lowest BCUT2D eigenvalue weighted by Crippen LogP contribution is -2.10. The van der Waals surface area contributed by atoms with Crippen LogP contribution in [0, 0.1) is 0 Å². The summed E-state index contributed by atoms with van der Waals surface area (Å²) in [5.74, 6) is 0. The lowest BCUT2D eigenvalue weighted by atomic mass is 10.3. The monoisotopic (exact) mass is 245 g/mol. The summed E-state index contributed by atoms with van der Waals surface area (Å²) in [7, 11) is 0. The fourth-order valence-corrected chi connectivity index (χ4v) is 1.29. The molecule has 0 bridgehead atoms. The van der Waals surface area contributed by atoms with Crippen LogP contribution in [0.3, 0.4) is 0 Å². The number of rotatable bonds is 2. The van der Waals surface area contributed by atoms with Crippen molar-refractivity contribution in [2.45, 2.75) is 4.36 Å². The zero-order valence-corrected chi connectivity index (χ0v) is 9.22. The van der Waals surface area contributed by atoms with Crippen molar-refractivity contribution in [1.29, 1.82) is 0 Å². The summed E-state index contributed by atoms with van der Waals surface area (Å²) in [6.07, 6.45) is 0. The molecule has 1 unspecified atom stereocenters. The molecule has 4 heteroatoms. The van der Waals surface area contributed by atoms with Crippen LogP contribution in [0.2, 0.25) is 0 Å². The maximum Gasteiger partial charge on any atom is 0.186 e. The van der Waals surface area contributed by atoms with E-state index in [4.69, 9.17) is 11.6 Å². The van der Waals surface area contributed by atoms with Crippen LogP contribution >= 0.6 is 27.5 Å². The summed E-state index contributed by atoms with van der Waals surface area (Å²) >= 11 is 11.5. The molecule has 1 rings (SSSR count). The van der Waals surface area contributed by atoms with Gasteiger partial charge in [0, 0.05) is 14.5 Å². The summed E-state index contributed by atoms with van der Waals surface area (Å²) in [6, 6.07) is 7.85. The number of alkyl halides is 1. The number of hydrogen-bond donors (Lipinski definition) is 1. The number of benzene rings is 1. The van der Waals surface area contributed by atoms with Crippen LogP contribution < -0.4 is 5.32 Å². The molecule has 1 atom stereocenters. The number of hydrogen-bond acceptors (Lipinski definition) is 1. The molecule has 0 aromatic heterocycles. The fourth-order valence-electron chi connectivity index (χ4n) is 0.705. The maximum atomic E-state index is 5.69. The Morgan fingerprint density at radius 3 is 2.36 bits per heavy atom. The SMILES string of the molecule is [Al][CH](Cl)Nc1ccc(Br)cc1. The van der Waals surface area contributed by atoms with Gasteiger partial charge < -0.3 is 5.32 Å². The highest BCUT2D eigenvalue weighted by atomic mass is 79.9. The Hall–Kier alpha value is 0.322. The molecule has 0 aliphatic carbocycles. The summed E-state index contributed by atoms with van der Waals surface area (Å²) in [6.45, 7) is 0. The minimum absolute atomic E-state index is 0.115. The second-order valence-electron chi connectivity index (χ2n) is 2.05. The van der Waals surface area contributed by atoms with E-state index in [0.29, 0.717) is 0 Å². The molecule has 0 saturated carbocycles. The van der Waals surface area contributed by atoms with E-state index in [-0.39, 0.29) is 4.36 Å². The van der Waals surface area contributed by atoms with Crippen molar-refractivity contribution < 1.29 is 0 Å². The van der Waals surface area contributed by atoms with Gasteiger partial charge >= 0.3 is 0 Å². The topological polar surface area (TPSA) is 12.0 Å². The van der Waals surface area contributed by atoms with Crippen molar-refractivity contribution in [3.8, 4) is 0 Å². The largest absolute Gasteiger partial charge is 0.384 e. The Morgan fingerprint density at radius 2 is 1.91 bits per heavy atom. The van der Waals surface area contributed by atoms with E-state index in [1.54, 1.807) is 0 Å². The molecule has 1 aromatic carbocycles. The van der Waals surface area contributed by atoms with E-state index in [0.717, 1.165) is 10.2 Å². The third-order valence-corrected chi connectivity index (χ3v) is 1.95. The van der Waals surface area contributed by atoms with Gasteiger partial charge in [-0.3, -0.25) is 0 Å². The minimum Gasteiger partial charge on any atom is -0.384 e. The molecular weight excluding hydrogens is 240 g/mol. The van der Waals surface area contributed by atoms with Crippen molar-refractivity contribution >= 4 is 49.5 Å². The second-order valence-corrected chi connectivity index (χ2v) is 4.53. The first-order chi connectivity index (χ1) is 5.18. The standard InChI is InChI=1S/C7H6BrClN.Al/c8-6-1-3-7(4-2-6)10-5-9;/h1-5,10H;. The molecule has 1 N–H and O–H groups in total. The molecule has 1 aromatic rings. The van der Waals surface area contributed by atoms with Gasteiger partial charge in [-0.1, -0.05) is 15.9 Å². The number of anilines is 1. The van der Waals surface area contributed by atoms with Gasteiger partial charge in [-0.25, -0.2) is 0 Å². The Bertz CT molecular complexity index is 224. The third-order valence-electron chi connectivity index (χ3n) is 1.15. The highest BCUT2D eigenvalue weighted by molar-refractivity contribution is 9.10. The predicted molar refractivity (Wildman–Crippen MR) is 53.2 cm³/mol. The molecule has 0 aliphatic rings. The summed E-state index contributed by atoms with van der Waals surface area (Å²) in [5, 5.41) is 3.04. The lowest BCUT2D eigenvalue weighted by Gasteiger charge is -2.08. The van der Waals surface area contributed by atoms with E-state index < -0.39 is 0 Å². The van der Waals surface area contributed by atoms with Crippen LogP contribution in [0.5, 0.6) is 0 Å². The van der Waals surface area contributed by atoms with Gasteiger partial charge in [-0.05, 0) is 24.3 Å². The van der Waals surface area contributed by atoms with Crippen LogP contribution in [0.25, 0.3) is 0 Å². The lowest BCUT2D eigenvalue weighted by molar-refractivity contribution is 1.36. The molecule has 0 fully saturated rings. The number of nitrogens with one attached hydrogen (secondary N) is 1. The van der Waals surface area contributed by atoms with Gasteiger partial charge in [0.1, 0.15) is 0 Å². The Balaban J connectivity index is 2.66. The van der Waals surface area contributed by atoms with Crippen LogP contribution in [0.4, 0.5) is 5.69 Å². The van der Waals surface area contributed by atoms with Crippen molar-refractivity contribution in [3.63, 3.8) is 0 Å². The molecule has 11 heavy (non-hydrogen) atoms. The van der Waals surface area contributed by atoms with Gasteiger partial charge in [0.15, 0.2) is 16.3 Å². The second kappa shape index (κ2) is 4.37. The zero-order valence-electron chi connectivity index (χ0n) is 5.72. The molecule has 0 aliphatic heterocycles.